The van der Waals surface area contributed by atoms with E-state index in [4.69, 9.17) is 14.8 Å². The van der Waals surface area contributed by atoms with Crippen LogP contribution in [0.2, 0.25) is 0 Å². The Kier molecular flexibility index (Phi) is 3.18. The summed E-state index contributed by atoms with van der Waals surface area (Å²) in [6, 6.07) is 11.6. The summed E-state index contributed by atoms with van der Waals surface area (Å²) in [6.07, 6.45) is 0. The maximum atomic E-state index is 8.51. The van der Waals surface area contributed by atoms with Gasteiger partial charge in [-0.2, -0.15) is 10.3 Å². The van der Waals surface area contributed by atoms with Gasteiger partial charge in [-0.1, -0.05) is 18.2 Å². The highest BCUT2D eigenvalue weighted by Crippen LogP contribution is 2.15. The van der Waals surface area contributed by atoms with Crippen molar-refractivity contribution < 1.29 is 9.57 Å². The van der Waals surface area contributed by atoms with Crippen molar-refractivity contribution in [1.29, 1.82) is 5.26 Å². The smallest absolute Gasteiger partial charge is 0.137 e. The zero-order valence-electron chi connectivity index (χ0n) is 8.30. The SMILES string of the molecule is N#CC1CN1OCCOc1ccccc1. The Balaban J connectivity index is 1.59. The van der Waals surface area contributed by atoms with Crippen LogP contribution in [0.3, 0.4) is 0 Å². The predicted octanol–water partition coefficient (Wildman–Crippen LogP) is 1.20. The summed E-state index contributed by atoms with van der Waals surface area (Å²) >= 11 is 0. The van der Waals surface area contributed by atoms with Gasteiger partial charge < -0.3 is 4.74 Å². The molecule has 0 amide bonds. The molecule has 0 radical (unpaired) electrons. The van der Waals surface area contributed by atoms with Crippen molar-refractivity contribution >= 4 is 0 Å². The molecule has 1 aromatic rings. The predicted molar refractivity (Wildman–Crippen MR) is 54.0 cm³/mol. The van der Waals surface area contributed by atoms with E-state index in [2.05, 4.69) is 6.07 Å². The highest BCUT2D eigenvalue weighted by Gasteiger charge is 2.35. The van der Waals surface area contributed by atoms with E-state index in [1.165, 1.54) is 0 Å². The monoisotopic (exact) mass is 204 g/mol. The van der Waals surface area contributed by atoms with Crippen LogP contribution in [0.4, 0.5) is 0 Å². The molecule has 1 aliphatic heterocycles. The average molecular weight is 204 g/mol. The van der Waals surface area contributed by atoms with Crippen LogP contribution in [-0.2, 0) is 4.84 Å². The van der Waals surface area contributed by atoms with Gasteiger partial charge in [0.15, 0.2) is 0 Å². The van der Waals surface area contributed by atoms with Crippen LogP contribution in [0.1, 0.15) is 0 Å². The van der Waals surface area contributed by atoms with Gasteiger partial charge in [-0.3, -0.25) is 4.84 Å². The summed E-state index contributed by atoms with van der Waals surface area (Å²) in [4.78, 5) is 5.26. The first-order valence-electron chi connectivity index (χ1n) is 4.87. The minimum Gasteiger partial charge on any atom is -0.491 e. The van der Waals surface area contributed by atoms with Crippen molar-refractivity contribution in [2.45, 2.75) is 6.04 Å². The summed E-state index contributed by atoms with van der Waals surface area (Å²) in [6.45, 7) is 1.69. The van der Waals surface area contributed by atoms with Gasteiger partial charge in [-0.25, -0.2) is 0 Å². The Morgan fingerprint density at radius 1 is 1.33 bits per heavy atom. The lowest BCUT2D eigenvalue weighted by Gasteiger charge is -2.06. The first kappa shape index (κ1) is 9.97. The summed E-state index contributed by atoms with van der Waals surface area (Å²) < 4.78 is 5.42. The number of rotatable bonds is 5. The fraction of sp³-hybridized carbons (Fsp3) is 0.364. The molecule has 0 saturated carbocycles. The molecular formula is C11H12N2O2. The minimum atomic E-state index is -0.0540. The standard InChI is InChI=1S/C11H12N2O2/c12-8-10-9-13(10)15-7-6-14-11-4-2-1-3-5-11/h1-5,10H,6-7,9H2. The van der Waals surface area contributed by atoms with Gasteiger partial charge >= 0.3 is 0 Å². The average Bonchev–Trinajstić information content (AvgIpc) is 3.05. The summed E-state index contributed by atoms with van der Waals surface area (Å²) in [5.74, 6) is 0.837. The lowest BCUT2D eigenvalue weighted by Crippen LogP contribution is -2.11. The Morgan fingerprint density at radius 2 is 2.13 bits per heavy atom. The molecule has 1 fully saturated rings. The van der Waals surface area contributed by atoms with Gasteiger partial charge in [0, 0.05) is 0 Å². The van der Waals surface area contributed by atoms with Gasteiger partial charge in [0.2, 0.25) is 0 Å². The lowest BCUT2D eigenvalue weighted by atomic mass is 10.3. The van der Waals surface area contributed by atoms with Crippen molar-refractivity contribution in [3.05, 3.63) is 30.3 Å². The van der Waals surface area contributed by atoms with Gasteiger partial charge in [-0.15, -0.1) is 0 Å². The van der Waals surface area contributed by atoms with Crippen molar-refractivity contribution in [3.63, 3.8) is 0 Å². The maximum Gasteiger partial charge on any atom is 0.137 e. The number of hydroxylamine groups is 2. The fourth-order valence-corrected chi connectivity index (χ4v) is 1.20. The normalized spacial score (nSPS) is 23.1. The molecule has 0 bridgehead atoms. The highest BCUT2D eigenvalue weighted by atomic mass is 16.7. The molecule has 78 valence electrons. The maximum absolute atomic E-state index is 8.51. The third-order valence-corrected chi connectivity index (χ3v) is 2.07. The Bertz CT molecular complexity index is 347. The van der Waals surface area contributed by atoms with Crippen LogP contribution in [0.5, 0.6) is 5.75 Å². The van der Waals surface area contributed by atoms with Crippen molar-refractivity contribution in [2.75, 3.05) is 19.8 Å². The Morgan fingerprint density at radius 3 is 2.80 bits per heavy atom. The van der Waals surface area contributed by atoms with E-state index in [-0.39, 0.29) is 6.04 Å². The van der Waals surface area contributed by atoms with E-state index in [1.54, 1.807) is 5.06 Å². The third-order valence-electron chi connectivity index (χ3n) is 2.07. The molecule has 0 aromatic heterocycles. The molecule has 0 N–H and O–H groups in total. The molecular weight excluding hydrogens is 192 g/mol. The molecule has 4 nitrogen and oxygen atoms in total. The number of benzene rings is 1. The van der Waals surface area contributed by atoms with Gasteiger partial charge in [0.1, 0.15) is 25.0 Å². The molecule has 1 aromatic carbocycles. The van der Waals surface area contributed by atoms with Gasteiger partial charge in [0.25, 0.3) is 0 Å². The second kappa shape index (κ2) is 4.78. The van der Waals surface area contributed by atoms with Crippen molar-refractivity contribution in [1.82, 2.24) is 5.06 Å². The molecule has 4 heteroatoms. The quantitative estimate of drug-likeness (QED) is 0.534. The van der Waals surface area contributed by atoms with E-state index in [0.29, 0.717) is 19.8 Å². The van der Waals surface area contributed by atoms with Crippen LogP contribution < -0.4 is 4.74 Å². The zero-order chi connectivity index (χ0) is 10.5. The first-order valence-corrected chi connectivity index (χ1v) is 4.87. The topological polar surface area (TPSA) is 45.3 Å². The Labute approximate surface area is 88.6 Å². The molecule has 0 aliphatic carbocycles. The molecule has 15 heavy (non-hydrogen) atoms. The minimum absolute atomic E-state index is 0.0540. The lowest BCUT2D eigenvalue weighted by molar-refractivity contribution is -0.0796. The molecule has 1 aliphatic rings. The van der Waals surface area contributed by atoms with Crippen LogP contribution >= 0.6 is 0 Å². The van der Waals surface area contributed by atoms with E-state index in [9.17, 15) is 0 Å². The van der Waals surface area contributed by atoms with Crippen LogP contribution in [0.25, 0.3) is 0 Å². The summed E-state index contributed by atoms with van der Waals surface area (Å²) in [5.41, 5.74) is 0. The Hall–Kier alpha value is -1.57. The number of nitriles is 1. The number of para-hydroxylation sites is 1. The number of hydrogen-bond acceptors (Lipinski definition) is 4. The zero-order valence-corrected chi connectivity index (χ0v) is 8.30. The van der Waals surface area contributed by atoms with Crippen LogP contribution in [0.15, 0.2) is 30.3 Å². The molecule has 1 saturated heterocycles. The van der Waals surface area contributed by atoms with Crippen LogP contribution in [0, 0.1) is 11.3 Å². The van der Waals surface area contributed by atoms with E-state index in [0.717, 1.165) is 5.75 Å². The van der Waals surface area contributed by atoms with Crippen molar-refractivity contribution in [3.8, 4) is 11.8 Å². The number of hydrogen-bond donors (Lipinski definition) is 0. The van der Waals surface area contributed by atoms with E-state index >= 15 is 0 Å². The highest BCUT2D eigenvalue weighted by molar-refractivity contribution is 5.20. The first-order chi connectivity index (χ1) is 7.40. The third kappa shape index (κ3) is 2.94. The number of ether oxygens (including phenoxy) is 1. The molecule has 2 rings (SSSR count). The second-order valence-electron chi connectivity index (χ2n) is 3.24. The molecule has 0 spiro atoms. The van der Waals surface area contributed by atoms with E-state index in [1.807, 2.05) is 30.3 Å². The van der Waals surface area contributed by atoms with E-state index < -0.39 is 0 Å². The van der Waals surface area contributed by atoms with Gasteiger partial charge in [0.05, 0.1) is 12.6 Å². The largest absolute Gasteiger partial charge is 0.491 e. The molecule has 2 atom stereocenters. The molecule has 2 unspecified atom stereocenters. The fourth-order valence-electron chi connectivity index (χ4n) is 1.20. The molecule has 1 heterocycles. The van der Waals surface area contributed by atoms with Crippen molar-refractivity contribution in [2.24, 2.45) is 0 Å². The summed E-state index contributed by atoms with van der Waals surface area (Å²) in [7, 11) is 0. The number of nitrogens with zero attached hydrogens (tertiary/aromatic N) is 2. The summed E-state index contributed by atoms with van der Waals surface area (Å²) in [5, 5.41) is 10.2. The van der Waals surface area contributed by atoms with Gasteiger partial charge in [-0.05, 0) is 12.1 Å². The van der Waals surface area contributed by atoms with Crippen LogP contribution in [-0.4, -0.2) is 30.9 Å². The second-order valence-corrected chi connectivity index (χ2v) is 3.24.